The van der Waals surface area contributed by atoms with Crippen LogP contribution < -0.4 is 0 Å². The highest BCUT2D eigenvalue weighted by Gasteiger charge is 2.26. The average Bonchev–Trinajstić information content (AvgIpc) is 3.27. The summed E-state index contributed by atoms with van der Waals surface area (Å²) in [6.07, 6.45) is 2.80. The quantitative estimate of drug-likeness (QED) is 0.286. The van der Waals surface area contributed by atoms with Crippen LogP contribution in [0.15, 0.2) is 108 Å². The standard InChI is InChI=1S/C31H28O/c1-31(2,3)28-21-32-30-27(19-22-13-7-4-8-14-22)25(23-15-9-5-10-16-23)20-26(29(28)30)24-17-11-6-12-18-24/h4-18,20-21H,19H2,1-3H3. The average molecular weight is 417 g/mol. The molecule has 0 fully saturated rings. The second-order valence-electron chi connectivity index (χ2n) is 9.45. The van der Waals surface area contributed by atoms with Crippen LogP contribution in [0.5, 0.6) is 0 Å². The monoisotopic (exact) mass is 416 g/mol. The number of fused-ring (bicyclic) bond motifs is 1. The maximum absolute atomic E-state index is 6.40. The van der Waals surface area contributed by atoms with Gasteiger partial charge in [-0.1, -0.05) is 112 Å². The fourth-order valence-electron chi connectivity index (χ4n) is 4.52. The van der Waals surface area contributed by atoms with Crippen LogP contribution in [0.1, 0.15) is 37.5 Å². The molecule has 1 nitrogen and oxygen atoms in total. The van der Waals surface area contributed by atoms with E-state index >= 15 is 0 Å². The Hall–Kier alpha value is -3.58. The van der Waals surface area contributed by atoms with E-state index in [0.29, 0.717) is 0 Å². The summed E-state index contributed by atoms with van der Waals surface area (Å²) in [4.78, 5) is 0. The molecule has 0 amide bonds. The number of rotatable bonds is 4. The summed E-state index contributed by atoms with van der Waals surface area (Å²) in [6.45, 7) is 6.77. The normalized spacial score (nSPS) is 11.7. The first-order valence-corrected chi connectivity index (χ1v) is 11.2. The Balaban J connectivity index is 1.87. The van der Waals surface area contributed by atoms with E-state index in [1.165, 1.54) is 44.3 Å². The molecule has 0 bridgehead atoms. The molecule has 4 aromatic carbocycles. The van der Waals surface area contributed by atoms with Gasteiger partial charge in [0.05, 0.1) is 6.26 Å². The smallest absolute Gasteiger partial charge is 0.138 e. The Labute approximate surface area is 190 Å². The van der Waals surface area contributed by atoms with E-state index in [9.17, 15) is 0 Å². The van der Waals surface area contributed by atoms with Gasteiger partial charge in [0.2, 0.25) is 0 Å². The van der Waals surface area contributed by atoms with E-state index in [4.69, 9.17) is 4.42 Å². The first kappa shape index (κ1) is 20.3. The first-order valence-electron chi connectivity index (χ1n) is 11.2. The van der Waals surface area contributed by atoms with Crippen LogP contribution in [0.4, 0.5) is 0 Å². The predicted octanol–water partition coefficient (Wildman–Crippen LogP) is 8.66. The van der Waals surface area contributed by atoms with Gasteiger partial charge in [-0.15, -0.1) is 0 Å². The van der Waals surface area contributed by atoms with Crippen molar-refractivity contribution in [3.63, 3.8) is 0 Å². The van der Waals surface area contributed by atoms with Crippen LogP contribution in [0.2, 0.25) is 0 Å². The van der Waals surface area contributed by atoms with Gasteiger partial charge in [0.25, 0.3) is 0 Å². The molecule has 0 saturated carbocycles. The molecule has 158 valence electrons. The molecule has 5 aromatic rings. The van der Waals surface area contributed by atoms with Gasteiger partial charge >= 0.3 is 0 Å². The van der Waals surface area contributed by atoms with Crippen molar-refractivity contribution in [1.82, 2.24) is 0 Å². The number of hydrogen-bond donors (Lipinski definition) is 0. The lowest BCUT2D eigenvalue weighted by Crippen LogP contribution is -2.10. The highest BCUT2D eigenvalue weighted by Crippen LogP contribution is 2.44. The zero-order chi connectivity index (χ0) is 22.1. The summed E-state index contributed by atoms with van der Waals surface area (Å²) in [5.41, 5.74) is 9.65. The van der Waals surface area contributed by atoms with Crippen LogP contribution in [-0.4, -0.2) is 0 Å². The van der Waals surface area contributed by atoms with Crippen LogP contribution >= 0.6 is 0 Å². The van der Waals surface area contributed by atoms with Crippen molar-refractivity contribution in [2.75, 3.05) is 0 Å². The number of furan rings is 1. The van der Waals surface area contributed by atoms with Crippen molar-refractivity contribution in [3.8, 4) is 22.3 Å². The third-order valence-electron chi connectivity index (χ3n) is 6.15. The Bertz CT molecular complexity index is 1340. The van der Waals surface area contributed by atoms with Crippen LogP contribution in [0, 0.1) is 0 Å². The number of hydrogen-bond acceptors (Lipinski definition) is 1. The lowest BCUT2D eigenvalue weighted by molar-refractivity contribution is 0.556. The van der Waals surface area contributed by atoms with Gasteiger partial charge in [0, 0.05) is 22.9 Å². The van der Waals surface area contributed by atoms with Crippen molar-refractivity contribution < 1.29 is 4.42 Å². The summed E-state index contributed by atoms with van der Waals surface area (Å²) >= 11 is 0. The van der Waals surface area contributed by atoms with E-state index < -0.39 is 0 Å². The van der Waals surface area contributed by atoms with E-state index in [-0.39, 0.29) is 5.41 Å². The fraction of sp³-hybridized carbons (Fsp3) is 0.161. The van der Waals surface area contributed by atoms with Crippen LogP contribution in [-0.2, 0) is 11.8 Å². The van der Waals surface area contributed by atoms with E-state index in [0.717, 1.165) is 12.0 Å². The molecular weight excluding hydrogens is 388 g/mol. The SMILES string of the molecule is CC(C)(C)c1coc2c(Cc3ccccc3)c(-c3ccccc3)cc(-c3ccccc3)c12. The molecule has 1 heterocycles. The topological polar surface area (TPSA) is 13.1 Å². The van der Waals surface area contributed by atoms with E-state index in [1.807, 2.05) is 6.26 Å². The van der Waals surface area contributed by atoms with E-state index in [2.05, 4.69) is 118 Å². The largest absolute Gasteiger partial charge is 0.464 e. The minimum absolute atomic E-state index is 0.0208. The minimum Gasteiger partial charge on any atom is -0.464 e. The maximum atomic E-state index is 6.40. The Morgan fingerprint density at radius 1 is 0.656 bits per heavy atom. The molecule has 0 aliphatic heterocycles. The summed E-state index contributed by atoms with van der Waals surface area (Å²) in [5.74, 6) is 0. The third-order valence-corrected chi connectivity index (χ3v) is 6.15. The predicted molar refractivity (Wildman–Crippen MR) is 135 cm³/mol. The molecule has 5 rings (SSSR count). The van der Waals surface area contributed by atoms with Crippen molar-refractivity contribution >= 4 is 11.0 Å². The second-order valence-corrected chi connectivity index (χ2v) is 9.45. The van der Waals surface area contributed by atoms with Crippen molar-refractivity contribution in [2.45, 2.75) is 32.6 Å². The summed E-state index contributed by atoms with van der Waals surface area (Å²) in [5, 5.41) is 1.23. The van der Waals surface area contributed by atoms with Gasteiger partial charge in [-0.05, 0) is 39.3 Å². The van der Waals surface area contributed by atoms with E-state index in [1.54, 1.807) is 0 Å². The summed E-state index contributed by atoms with van der Waals surface area (Å²) in [7, 11) is 0. The minimum atomic E-state index is -0.0208. The van der Waals surface area contributed by atoms with Gasteiger partial charge in [-0.3, -0.25) is 0 Å². The summed E-state index contributed by atoms with van der Waals surface area (Å²) in [6, 6.07) is 34.4. The Morgan fingerprint density at radius 3 is 1.75 bits per heavy atom. The lowest BCUT2D eigenvalue weighted by atomic mass is 9.82. The molecule has 0 aliphatic rings. The molecule has 0 radical (unpaired) electrons. The summed E-state index contributed by atoms with van der Waals surface area (Å²) < 4.78 is 6.40. The Kier molecular flexibility index (Phi) is 5.19. The lowest BCUT2D eigenvalue weighted by Gasteiger charge is -2.20. The molecule has 0 unspecified atom stereocenters. The van der Waals surface area contributed by atoms with Gasteiger partial charge < -0.3 is 4.42 Å². The zero-order valence-corrected chi connectivity index (χ0v) is 18.9. The molecule has 32 heavy (non-hydrogen) atoms. The van der Waals surface area contributed by atoms with Crippen molar-refractivity contribution in [1.29, 1.82) is 0 Å². The molecule has 0 N–H and O–H groups in total. The van der Waals surface area contributed by atoms with Crippen LogP contribution in [0.25, 0.3) is 33.2 Å². The molecule has 1 aromatic heterocycles. The third kappa shape index (κ3) is 3.76. The Morgan fingerprint density at radius 2 is 1.19 bits per heavy atom. The molecule has 1 heteroatoms. The molecule has 0 spiro atoms. The van der Waals surface area contributed by atoms with Gasteiger partial charge in [-0.25, -0.2) is 0 Å². The fourth-order valence-corrected chi connectivity index (χ4v) is 4.52. The second kappa shape index (κ2) is 8.16. The van der Waals surface area contributed by atoms with Crippen LogP contribution in [0.3, 0.4) is 0 Å². The van der Waals surface area contributed by atoms with Gasteiger partial charge in [-0.2, -0.15) is 0 Å². The highest BCUT2D eigenvalue weighted by atomic mass is 16.3. The van der Waals surface area contributed by atoms with Crippen molar-refractivity contribution in [2.24, 2.45) is 0 Å². The maximum Gasteiger partial charge on any atom is 0.138 e. The zero-order valence-electron chi connectivity index (χ0n) is 18.9. The highest BCUT2D eigenvalue weighted by molar-refractivity contribution is 6.02. The molecule has 0 atom stereocenters. The number of benzene rings is 4. The van der Waals surface area contributed by atoms with Gasteiger partial charge in [0.1, 0.15) is 5.58 Å². The van der Waals surface area contributed by atoms with Gasteiger partial charge in [0.15, 0.2) is 0 Å². The first-order chi connectivity index (χ1) is 15.5. The molecule has 0 saturated heterocycles. The molecular formula is C31H28O. The van der Waals surface area contributed by atoms with Crippen molar-refractivity contribution in [3.05, 3.63) is 120 Å². The molecule has 0 aliphatic carbocycles.